The van der Waals surface area contributed by atoms with Gasteiger partial charge in [0, 0.05) is 37.3 Å². The molecule has 0 amide bonds. The Balaban J connectivity index is 1.44. The van der Waals surface area contributed by atoms with Gasteiger partial charge in [-0.05, 0) is 11.6 Å². The lowest BCUT2D eigenvalue weighted by Gasteiger charge is -2.26. The molecule has 1 saturated heterocycles. The molecule has 0 atom stereocenters. The highest BCUT2D eigenvalue weighted by Crippen LogP contribution is 2.28. The molecule has 2 aromatic heterocycles. The number of hydrogen-bond donors (Lipinski definition) is 0. The number of morpholine rings is 1. The summed E-state index contributed by atoms with van der Waals surface area (Å²) in [6.07, 6.45) is 0. The minimum Gasteiger partial charge on any atom is -0.379 e. The molecule has 4 aromatic rings. The van der Waals surface area contributed by atoms with E-state index in [9.17, 15) is 0 Å². The number of thioether (sulfide) groups is 1. The van der Waals surface area contributed by atoms with Gasteiger partial charge in [-0.1, -0.05) is 60.3 Å². The fraction of sp³-hybridized carbons (Fsp3) is 0.318. The molecule has 0 N–H and O–H groups in total. The van der Waals surface area contributed by atoms with E-state index in [0.29, 0.717) is 0 Å². The highest BCUT2D eigenvalue weighted by Gasteiger charge is 2.16. The molecule has 0 spiro atoms. The van der Waals surface area contributed by atoms with Gasteiger partial charge in [0.2, 0.25) is 5.16 Å². The van der Waals surface area contributed by atoms with Crippen LogP contribution in [-0.4, -0.2) is 63.2 Å². The fourth-order valence-corrected chi connectivity index (χ4v) is 4.55. The van der Waals surface area contributed by atoms with Crippen molar-refractivity contribution in [2.75, 3.05) is 38.6 Å². The van der Waals surface area contributed by atoms with Crippen molar-refractivity contribution in [1.82, 2.24) is 24.6 Å². The Morgan fingerprint density at radius 3 is 2.59 bits per heavy atom. The Hall–Kier alpha value is -2.48. The molecule has 6 nitrogen and oxygen atoms in total. The van der Waals surface area contributed by atoms with Gasteiger partial charge in [-0.2, -0.15) is 0 Å². The highest BCUT2D eigenvalue weighted by molar-refractivity contribution is 7.99. The van der Waals surface area contributed by atoms with Crippen LogP contribution in [0.4, 0.5) is 0 Å². The lowest BCUT2D eigenvalue weighted by atomic mass is 10.2. The standard InChI is InChI=1S/C22H23N5OS/c1-2-6-17(7-3-1)16-27-19-9-5-4-8-18(19)20-21(27)23-22(25-24-20)29-15-12-26-10-13-28-14-11-26/h1-9H,10-16H2. The Kier molecular flexibility index (Phi) is 5.43. The lowest BCUT2D eigenvalue weighted by molar-refractivity contribution is 0.0410. The van der Waals surface area contributed by atoms with Gasteiger partial charge in [-0.25, -0.2) is 4.98 Å². The Morgan fingerprint density at radius 2 is 1.72 bits per heavy atom. The van der Waals surface area contributed by atoms with Gasteiger partial charge in [-0.3, -0.25) is 4.90 Å². The molecule has 1 fully saturated rings. The zero-order valence-electron chi connectivity index (χ0n) is 16.2. The van der Waals surface area contributed by atoms with Gasteiger partial charge in [-0.15, -0.1) is 10.2 Å². The van der Waals surface area contributed by atoms with Gasteiger partial charge in [0.05, 0.1) is 18.7 Å². The van der Waals surface area contributed by atoms with E-state index in [2.05, 4.69) is 62.1 Å². The second-order valence-corrected chi connectivity index (χ2v) is 8.22. The van der Waals surface area contributed by atoms with Crippen LogP contribution < -0.4 is 0 Å². The van der Waals surface area contributed by atoms with E-state index in [4.69, 9.17) is 9.72 Å². The van der Waals surface area contributed by atoms with E-state index >= 15 is 0 Å². The molecular formula is C22H23N5OS. The lowest BCUT2D eigenvalue weighted by Crippen LogP contribution is -2.37. The maximum Gasteiger partial charge on any atom is 0.211 e. The summed E-state index contributed by atoms with van der Waals surface area (Å²) in [6, 6.07) is 18.8. The molecule has 2 aromatic carbocycles. The topological polar surface area (TPSA) is 56.1 Å². The molecule has 29 heavy (non-hydrogen) atoms. The van der Waals surface area contributed by atoms with Crippen LogP contribution in [0.3, 0.4) is 0 Å². The first-order valence-electron chi connectivity index (χ1n) is 9.97. The predicted molar refractivity (Wildman–Crippen MR) is 116 cm³/mol. The SMILES string of the molecule is c1ccc(Cn2c3ccccc3c3nnc(SCCN4CCOCC4)nc32)cc1. The number of ether oxygens (including phenoxy) is 1. The van der Waals surface area contributed by atoms with Gasteiger partial charge >= 0.3 is 0 Å². The molecule has 7 heteroatoms. The van der Waals surface area contributed by atoms with Crippen LogP contribution in [0.5, 0.6) is 0 Å². The summed E-state index contributed by atoms with van der Waals surface area (Å²) in [5, 5.41) is 10.8. The van der Waals surface area contributed by atoms with Crippen molar-refractivity contribution in [1.29, 1.82) is 0 Å². The second-order valence-electron chi connectivity index (χ2n) is 7.16. The third-order valence-corrected chi connectivity index (χ3v) is 6.10. The summed E-state index contributed by atoms with van der Waals surface area (Å²) in [6.45, 7) is 5.44. The Morgan fingerprint density at radius 1 is 0.931 bits per heavy atom. The maximum absolute atomic E-state index is 5.42. The van der Waals surface area contributed by atoms with Crippen molar-refractivity contribution in [3.63, 3.8) is 0 Å². The fourth-order valence-electron chi connectivity index (χ4n) is 3.77. The number of nitrogens with zero attached hydrogens (tertiary/aromatic N) is 5. The normalized spacial score (nSPS) is 15.3. The Labute approximate surface area is 173 Å². The minimum absolute atomic E-state index is 0.739. The summed E-state index contributed by atoms with van der Waals surface area (Å²) < 4.78 is 7.67. The first-order chi connectivity index (χ1) is 14.4. The maximum atomic E-state index is 5.42. The van der Waals surface area contributed by atoms with Crippen LogP contribution in [0.15, 0.2) is 59.8 Å². The van der Waals surface area contributed by atoms with Crippen molar-refractivity contribution in [2.45, 2.75) is 11.7 Å². The summed E-state index contributed by atoms with van der Waals surface area (Å²) in [5.74, 6) is 0.950. The molecule has 0 unspecified atom stereocenters. The van der Waals surface area contributed by atoms with Gasteiger partial charge < -0.3 is 9.30 Å². The van der Waals surface area contributed by atoms with Crippen LogP contribution in [0.2, 0.25) is 0 Å². The van der Waals surface area contributed by atoms with E-state index in [1.54, 1.807) is 11.8 Å². The average Bonchev–Trinajstić information content (AvgIpc) is 3.08. The molecule has 3 heterocycles. The molecule has 0 bridgehead atoms. The highest BCUT2D eigenvalue weighted by atomic mass is 32.2. The van der Waals surface area contributed by atoms with E-state index in [-0.39, 0.29) is 0 Å². The second kappa shape index (κ2) is 8.49. The molecule has 5 rings (SSSR count). The van der Waals surface area contributed by atoms with Gasteiger partial charge in [0.25, 0.3) is 0 Å². The third-order valence-electron chi connectivity index (χ3n) is 5.28. The number of fused-ring (bicyclic) bond motifs is 3. The summed E-state index contributed by atoms with van der Waals surface area (Å²) in [5.41, 5.74) is 4.16. The summed E-state index contributed by atoms with van der Waals surface area (Å²) in [7, 11) is 0. The molecule has 0 radical (unpaired) electrons. The number of benzene rings is 2. The van der Waals surface area contributed by atoms with E-state index in [1.165, 1.54) is 5.56 Å². The number of hydrogen-bond acceptors (Lipinski definition) is 6. The van der Waals surface area contributed by atoms with E-state index < -0.39 is 0 Å². The molecule has 1 aliphatic heterocycles. The van der Waals surface area contributed by atoms with Crippen LogP contribution >= 0.6 is 11.8 Å². The van der Waals surface area contributed by atoms with Gasteiger partial charge in [0.1, 0.15) is 5.52 Å². The zero-order chi connectivity index (χ0) is 19.5. The summed E-state index contributed by atoms with van der Waals surface area (Å²) in [4.78, 5) is 7.33. The van der Waals surface area contributed by atoms with Crippen LogP contribution in [0, 0.1) is 0 Å². The number of aromatic nitrogens is 4. The summed E-state index contributed by atoms with van der Waals surface area (Å²) >= 11 is 1.67. The Bertz CT molecular complexity index is 1110. The van der Waals surface area contributed by atoms with E-state index in [1.807, 2.05) is 12.1 Å². The van der Waals surface area contributed by atoms with Crippen LogP contribution in [-0.2, 0) is 11.3 Å². The predicted octanol–water partition coefficient (Wildman–Crippen LogP) is 3.45. The number of para-hydroxylation sites is 1. The van der Waals surface area contributed by atoms with Crippen LogP contribution in [0.1, 0.15) is 5.56 Å². The van der Waals surface area contributed by atoms with Crippen molar-refractivity contribution >= 4 is 33.8 Å². The number of rotatable bonds is 6. The largest absolute Gasteiger partial charge is 0.379 e. The molecule has 0 aliphatic carbocycles. The van der Waals surface area contributed by atoms with Crippen molar-refractivity contribution in [3.8, 4) is 0 Å². The first-order valence-corrected chi connectivity index (χ1v) is 11.0. The van der Waals surface area contributed by atoms with Crippen molar-refractivity contribution in [2.24, 2.45) is 0 Å². The first kappa shape index (κ1) is 18.5. The molecule has 148 valence electrons. The quantitative estimate of drug-likeness (QED) is 0.458. The van der Waals surface area contributed by atoms with Crippen molar-refractivity contribution in [3.05, 3.63) is 60.2 Å². The average molecular weight is 406 g/mol. The molecular weight excluding hydrogens is 382 g/mol. The van der Waals surface area contributed by atoms with E-state index in [0.717, 1.165) is 72.4 Å². The zero-order valence-corrected chi connectivity index (χ0v) is 17.0. The monoisotopic (exact) mass is 405 g/mol. The molecule has 0 saturated carbocycles. The van der Waals surface area contributed by atoms with Crippen LogP contribution in [0.25, 0.3) is 22.1 Å². The van der Waals surface area contributed by atoms with Crippen molar-refractivity contribution < 1.29 is 4.74 Å². The van der Waals surface area contributed by atoms with Gasteiger partial charge in [0.15, 0.2) is 5.65 Å². The third kappa shape index (κ3) is 3.99. The molecule has 1 aliphatic rings. The smallest absolute Gasteiger partial charge is 0.211 e. The minimum atomic E-state index is 0.739.